The zero-order valence-electron chi connectivity index (χ0n) is 13.4. The minimum absolute atomic E-state index is 0.0633. The summed E-state index contributed by atoms with van der Waals surface area (Å²) in [5.74, 6) is 0.831. The quantitative estimate of drug-likeness (QED) is 0.700. The standard InChI is InChI=1S/C19H16BrN3O/c1-11-17(12(2)24)18(13-6-5-7-14(20)10-13)23-16-9-4-3-8-15(16)22-19(23)21-11/h3-10,18H,1-2H3,(H,21,22)/t18-/m1/s1. The summed E-state index contributed by atoms with van der Waals surface area (Å²) >= 11 is 3.54. The van der Waals surface area contributed by atoms with Gasteiger partial charge in [-0.3, -0.25) is 9.36 Å². The number of fused-ring (bicyclic) bond motifs is 3. The molecule has 2 heterocycles. The Hall–Kier alpha value is -2.40. The summed E-state index contributed by atoms with van der Waals surface area (Å²) in [6.45, 7) is 3.56. The molecule has 0 amide bonds. The molecule has 0 radical (unpaired) electrons. The fourth-order valence-corrected chi connectivity index (χ4v) is 3.83. The molecule has 4 nitrogen and oxygen atoms in total. The maximum absolute atomic E-state index is 12.4. The van der Waals surface area contributed by atoms with Crippen molar-refractivity contribution in [3.05, 3.63) is 69.8 Å². The van der Waals surface area contributed by atoms with Gasteiger partial charge >= 0.3 is 0 Å². The van der Waals surface area contributed by atoms with Crippen molar-refractivity contribution in [2.45, 2.75) is 19.9 Å². The van der Waals surface area contributed by atoms with E-state index in [-0.39, 0.29) is 11.8 Å². The van der Waals surface area contributed by atoms with Gasteiger partial charge in [-0.05, 0) is 43.7 Å². The van der Waals surface area contributed by atoms with E-state index in [1.165, 1.54) is 0 Å². The van der Waals surface area contributed by atoms with E-state index < -0.39 is 0 Å². The van der Waals surface area contributed by atoms with Crippen LogP contribution in [0.15, 0.2) is 64.3 Å². The number of anilines is 1. The molecular weight excluding hydrogens is 366 g/mol. The third-order valence-corrected chi connectivity index (χ3v) is 4.87. The Kier molecular flexibility index (Phi) is 3.53. The first-order valence-electron chi connectivity index (χ1n) is 7.77. The van der Waals surface area contributed by atoms with Crippen molar-refractivity contribution in [3.8, 4) is 0 Å². The van der Waals surface area contributed by atoms with Crippen molar-refractivity contribution in [2.24, 2.45) is 0 Å². The lowest BCUT2D eigenvalue weighted by Crippen LogP contribution is -2.26. The van der Waals surface area contributed by atoms with E-state index in [4.69, 9.17) is 4.98 Å². The molecule has 120 valence electrons. The van der Waals surface area contributed by atoms with Crippen LogP contribution in [0, 0.1) is 0 Å². The highest BCUT2D eigenvalue weighted by Crippen LogP contribution is 2.39. The molecule has 0 unspecified atom stereocenters. The van der Waals surface area contributed by atoms with Gasteiger partial charge in [0.1, 0.15) is 0 Å². The molecule has 0 aliphatic carbocycles. The van der Waals surface area contributed by atoms with Crippen LogP contribution >= 0.6 is 15.9 Å². The van der Waals surface area contributed by atoms with Gasteiger partial charge < -0.3 is 5.32 Å². The number of allylic oxidation sites excluding steroid dienone is 2. The number of rotatable bonds is 2. The van der Waals surface area contributed by atoms with Crippen LogP contribution in [0.1, 0.15) is 25.5 Å². The number of carbonyl (C=O) groups is 1. The number of hydrogen-bond donors (Lipinski definition) is 1. The van der Waals surface area contributed by atoms with Crippen LogP contribution in [0.4, 0.5) is 5.95 Å². The monoisotopic (exact) mass is 381 g/mol. The van der Waals surface area contributed by atoms with Gasteiger partial charge in [0, 0.05) is 15.7 Å². The molecule has 0 bridgehead atoms. The molecule has 1 aliphatic heterocycles. The van der Waals surface area contributed by atoms with Gasteiger partial charge in [0.05, 0.1) is 17.1 Å². The fourth-order valence-electron chi connectivity index (χ4n) is 3.41. The third kappa shape index (κ3) is 2.27. The Morgan fingerprint density at radius 3 is 2.75 bits per heavy atom. The zero-order chi connectivity index (χ0) is 16.8. The summed E-state index contributed by atoms with van der Waals surface area (Å²) in [6.07, 6.45) is 0. The molecule has 0 spiro atoms. The van der Waals surface area contributed by atoms with Crippen LogP contribution in [-0.4, -0.2) is 15.3 Å². The summed E-state index contributed by atoms with van der Waals surface area (Å²) in [7, 11) is 0. The predicted molar refractivity (Wildman–Crippen MR) is 99.0 cm³/mol. The second kappa shape index (κ2) is 5.60. The van der Waals surface area contributed by atoms with Crippen molar-refractivity contribution < 1.29 is 4.79 Å². The number of hydrogen-bond acceptors (Lipinski definition) is 3. The van der Waals surface area contributed by atoms with Crippen molar-refractivity contribution in [2.75, 3.05) is 5.32 Å². The predicted octanol–water partition coefficient (Wildman–Crippen LogP) is 4.68. The van der Waals surface area contributed by atoms with Crippen LogP contribution in [-0.2, 0) is 4.79 Å². The SMILES string of the molecule is CC(=O)C1=C(C)Nc2nc3ccccc3n2[C@@H]1c1cccc(Br)c1. The van der Waals surface area contributed by atoms with E-state index in [1.807, 2.05) is 43.3 Å². The number of imidazole rings is 1. The summed E-state index contributed by atoms with van der Waals surface area (Å²) in [5, 5.41) is 3.29. The van der Waals surface area contributed by atoms with E-state index in [9.17, 15) is 4.79 Å². The number of aromatic nitrogens is 2. The molecule has 2 aromatic carbocycles. The molecule has 24 heavy (non-hydrogen) atoms. The van der Waals surface area contributed by atoms with Crippen LogP contribution < -0.4 is 5.32 Å². The summed E-state index contributed by atoms with van der Waals surface area (Å²) in [5.41, 5.74) is 4.60. The van der Waals surface area contributed by atoms with Crippen LogP contribution in [0.25, 0.3) is 11.0 Å². The Labute approximate surface area is 148 Å². The van der Waals surface area contributed by atoms with E-state index >= 15 is 0 Å². The molecule has 4 rings (SSSR count). The highest BCUT2D eigenvalue weighted by molar-refractivity contribution is 9.10. The first-order valence-corrected chi connectivity index (χ1v) is 8.56. The Morgan fingerprint density at radius 2 is 2.00 bits per heavy atom. The van der Waals surface area contributed by atoms with E-state index in [2.05, 4.69) is 37.9 Å². The summed E-state index contributed by atoms with van der Waals surface area (Å²) in [6, 6.07) is 15.9. The number of ketones is 1. The van der Waals surface area contributed by atoms with E-state index in [1.54, 1.807) is 6.92 Å². The smallest absolute Gasteiger partial charge is 0.209 e. The number of benzene rings is 2. The minimum atomic E-state index is -0.191. The van der Waals surface area contributed by atoms with Crippen LogP contribution in [0.3, 0.4) is 0 Å². The first-order chi connectivity index (χ1) is 11.6. The van der Waals surface area contributed by atoms with Crippen molar-refractivity contribution in [1.29, 1.82) is 0 Å². The maximum atomic E-state index is 12.4. The number of Topliss-reactive ketones (excluding diaryl/α,β-unsaturated/α-hetero) is 1. The zero-order valence-corrected chi connectivity index (χ0v) is 15.0. The number of carbonyl (C=O) groups excluding carboxylic acids is 1. The topological polar surface area (TPSA) is 46.9 Å². The van der Waals surface area contributed by atoms with Crippen molar-refractivity contribution in [1.82, 2.24) is 9.55 Å². The largest absolute Gasteiger partial charge is 0.329 e. The van der Waals surface area contributed by atoms with Crippen LogP contribution in [0.5, 0.6) is 0 Å². The molecule has 1 aliphatic rings. The fraction of sp³-hybridized carbons (Fsp3) is 0.158. The molecule has 5 heteroatoms. The lowest BCUT2D eigenvalue weighted by atomic mass is 9.92. The maximum Gasteiger partial charge on any atom is 0.209 e. The first kappa shape index (κ1) is 15.1. The second-order valence-electron chi connectivity index (χ2n) is 5.97. The highest BCUT2D eigenvalue weighted by Gasteiger charge is 2.32. The average Bonchev–Trinajstić information content (AvgIpc) is 2.91. The van der Waals surface area contributed by atoms with Gasteiger partial charge in [0.15, 0.2) is 5.78 Å². The summed E-state index contributed by atoms with van der Waals surface area (Å²) in [4.78, 5) is 17.1. The summed E-state index contributed by atoms with van der Waals surface area (Å²) < 4.78 is 3.10. The van der Waals surface area contributed by atoms with Gasteiger partial charge in [-0.1, -0.05) is 40.2 Å². The molecular formula is C19H16BrN3O. The third-order valence-electron chi connectivity index (χ3n) is 4.37. The Balaban J connectivity index is 2.05. The average molecular weight is 382 g/mol. The Morgan fingerprint density at radius 1 is 1.21 bits per heavy atom. The number of nitrogens with zero attached hydrogens (tertiary/aromatic N) is 2. The number of para-hydroxylation sites is 2. The highest BCUT2D eigenvalue weighted by atomic mass is 79.9. The van der Waals surface area contributed by atoms with Gasteiger partial charge in [-0.25, -0.2) is 4.98 Å². The molecule has 0 fully saturated rings. The van der Waals surface area contributed by atoms with Crippen molar-refractivity contribution in [3.63, 3.8) is 0 Å². The second-order valence-corrected chi connectivity index (χ2v) is 6.89. The number of halogens is 1. The Bertz CT molecular complexity index is 1000. The normalized spacial score (nSPS) is 16.9. The molecule has 0 saturated carbocycles. The molecule has 3 aromatic rings. The van der Waals surface area contributed by atoms with Crippen molar-refractivity contribution >= 4 is 38.7 Å². The van der Waals surface area contributed by atoms with E-state index in [0.29, 0.717) is 0 Å². The lowest BCUT2D eigenvalue weighted by Gasteiger charge is -2.30. The minimum Gasteiger partial charge on any atom is -0.329 e. The number of nitrogens with one attached hydrogen (secondary N) is 1. The van der Waals surface area contributed by atoms with Crippen LogP contribution in [0.2, 0.25) is 0 Å². The van der Waals surface area contributed by atoms with Gasteiger partial charge in [-0.2, -0.15) is 0 Å². The molecule has 1 N–H and O–H groups in total. The molecule has 1 aromatic heterocycles. The van der Waals surface area contributed by atoms with E-state index in [0.717, 1.165) is 38.3 Å². The van der Waals surface area contributed by atoms with Gasteiger partial charge in [0.25, 0.3) is 0 Å². The lowest BCUT2D eigenvalue weighted by molar-refractivity contribution is -0.114. The van der Waals surface area contributed by atoms with Gasteiger partial charge in [0.2, 0.25) is 5.95 Å². The molecule has 0 saturated heterocycles. The molecule has 1 atom stereocenters. The van der Waals surface area contributed by atoms with Gasteiger partial charge in [-0.15, -0.1) is 0 Å².